The molecule has 3 aromatic rings. The lowest BCUT2D eigenvalue weighted by Crippen LogP contribution is -2.24. The van der Waals surface area contributed by atoms with Crippen molar-refractivity contribution in [3.05, 3.63) is 51.6 Å². The predicted molar refractivity (Wildman–Crippen MR) is 122 cm³/mol. The molecular formula is C21H24N4O3S2. The van der Waals surface area contributed by atoms with E-state index in [4.69, 9.17) is 5.73 Å². The van der Waals surface area contributed by atoms with Crippen molar-refractivity contribution in [2.75, 3.05) is 11.1 Å². The summed E-state index contributed by atoms with van der Waals surface area (Å²) in [6, 6.07) is 8.81. The van der Waals surface area contributed by atoms with Gasteiger partial charge in [-0.25, -0.2) is 4.98 Å². The normalized spacial score (nSPS) is 11.0. The molecule has 0 bridgehead atoms. The van der Waals surface area contributed by atoms with Gasteiger partial charge in [-0.15, -0.1) is 11.3 Å². The predicted octanol–water partition coefficient (Wildman–Crippen LogP) is 3.87. The van der Waals surface area contributed by atoms with Crippen molar-refractivity contribution in [2.24, 2.45) is 5.73 Å². The molecule has 0 spiro atoms. The lowest BCUT2D eigenvalue weighted by Gasteiger charge is -2.13. The molecule has 0 saturated carbocycles. The van der Waals surface area contributed by atoms with Gasteiger partial charge in [-0.05, 0) is 30.0 Å². The Kier molecular flexibility index (Phi) is 7.64. The fourth-order valence-electron chi connectivity index (χ4n) is 3.04. The first-order valence-corrected chi connectivity index (χ1v) is 11.7. The number of carbonyl (C=O) groups is 2. The number of hydrogen-bond acceptors (Lipinski definition) is 6. The van der Waals surface area contributed by atoms with Crippen LogP contribution >= 0.6 is 23.1 Å². The third-order valence-electron chi connectivity index (χ3n) is 4.58. The highest BCUT2D eigenvalue weighted by Crippen LogP contribution is 2.24. The lowest BCUT2D eigenvalue weighted by molar-refractivity contribution is -0.113. The molecule has 2 amide bonds. The van der Waals surface area contributed by atoms with E-state index in [1.807, 2.05) is 12.1 Å². The molecule has 0 aliphatic carbocycles. The quantitative estimate of drug-likeness (QED) is 0.280. The van der Waals surface area contributed by atoms with E-state index in [1.54, 1.807) is 28.1 Å². The number of hydrogen-bond donors (Lipinski definition) is 2. The molecule has 30 heavy (non-hydrogen) atoms. The largest absolute Gasteiger partial charge is 0.366 e. The fourth-order valence-corrected chi connectivity index (χ4v) is 4.68. The number of para-hydroxylation sites is 1. The molecule has 9 heteroatoms. The number of amides is 2. The van der Waals surface area contributed by atoms with Crippen LogP contribution in [0.4, 0.5) is 5.00 Å². The zero-order valence-corrected chi connectivity index (χ0v) is 18.4. The van der Waals surface area contributed by atoms with Gasteiger partial charge in [0.15, 0.2) is 5.16 Å². The summed E-state index contributed by atoms with van der Waals surface area (Å²) in [6.07, 6.45) is 4.14. The van der Waals surface area contributed by atoms with E-state index in [-0.39, 0.29) is 22.8 Å². The minimum Gasteiger partial charge on any atom is -0.366 e. The molecule has 7 nitrogen and oxygen atoms in total. The molecule has 0 aliphatic rings. The summed E-state index contributed by atoms with van der Waals surface area (Å²) in [7, 11) is 0. The number of nitrogens with one attached hydrogen (secondary N) is 1. The number of aromatic nitrogens is 2. The van der Waals surface area contributed by atoms with Gasteiger partial charge in [0.25, 0.3) is 11.5 Å². The molecule has 2 aromatic heterocycles. The Morgan fingerprint density at radius 1 is 1.20 bits per heavy atom. The molecule has 0 unspecified atom stereocenters. The van der Waals surface area contributed by atoms with Crippen molar-refractivity contribution in [3.63, 3.8) is 0 Å². The number of thiophene rings is 1. The van der Waals surface area contributed by atoms with Crippen molar-refractivity contribution in [2.45, 2.75) is 44.3 Å². The minimum atomic E-state index is -0.587. The van der Waals surface area contributed by atoms with E-state index in [0.717, 1.165) is 25.7 Å². The van der Waals surface area contributed by atoms with Gasteiger partial charge < -0.3 is 11.1 Å². The second kappa shape index (κ2) is 10.4. The summed E-state index contributed by atoms with van der Waals surface area (Å²) in [4.78, 5) is 41.5. The molecule has 3 rings (SSSR count). The van der Waals surface area contributed by atoms with Gasteiger partial charge >= 0.3 is 0 Å². The summed E-state index contributed by atoms with van der Waals surface area (Å²) < 4.78 is 1.66. The fraction of sp³-hybridized carbons (Fsp3) is 0.333. The second-order valence-corrected chi connectivity index (χ2v) is 8.65. The number of unbranched alkanes of at least 4 members (excludes halogenated alkanes) is 3. The van der Waals surface area contributed by atoms with E-state index in [2.05, 4.69) is 17.2 Å². The third kappa shape index (κ3) is 5.28. The molecule has 158 valence electrons. The maximum absolute atomic E-state index is 13.0. The first kappa shape index (κ1) is 22.0. The topological polar surface area (TPSA) is 107 Å². The van der Waals surface area contributed by atoms with Crippen LogP contribution in [-0.2, 0) is 11.3 Å². The minimum absolute atomic E-state index is 0.0653. The van der Waals surface area contributed by atoms with Gasteiger partial charge in [0, 0.05) is 6.54 Å². The number of nitrogens with two attached hydrogens (primary N) is 1. The van der Waals surface area contributed by atoms with Crippen molar-refractivity contribution in [3.8, 4) is 0 Å². The molecule has 2 heterocycles. The Morgan fingerprint density at radius 3 is 2.77 bits per heavy atom. The van der Waals surface area contributed by atoms with Crippen LogP contribution < -0.4 is 16.6 Å². The molecule has 0 radical (unpaired) electrons. The van der Waals surface area contributed by atoms with Crippen molar-refractivity contribution < 1.29 is 9.59 Å². The number of anilines is 1. The van der Waals surface area contributed by atoms with E-state index in [1.165, 1.54) is 23.1 Å². The monoisotopic (exact) mass is 444 g/mol. The van der Waals surface area contributed by atoms with Gasteiger partial charge in [0.1, 0.15) is 5.00 Å². The van der Waals surface area contributed by atoms with Crippen LogP contribution in [0.3, 0.4) is 0 Å². The van der Waals surface area contributed by atoms with Gasteiger partial charge in [0.05, 0.1) is 22.2 Å². The SMILES string of the molecule is CCCCCCn1c(SCC(=O)Nc2sccc2C(N)=O)nc2ccccc2c1=O. The molecular weight excluding hydrogens is 420 g/mol. The van der Waals surface area contributed by atoms with Gasteiger partial charge in [-0.1, -0.05) is 50.1 Å². The van der Waals surface area contributed by atoms with Gasteiger partial charge in [0.2, 0.25) is 5.91 Å². The van der Waals surface area contributed by atoms with Crippen molar-refractivity contribution >= 4 is 50.8 Å². The van der Waals surface area contributed by atoms with Crippen LogP contribution in [0, 0.1) is 0 Å². The van der Waals surface area contributed by atoms with Crippen molar-refractivity contribution in [1.29, 1.82) is 0 Å². The Bertz CT molecular complexity index is 1110. The smallest absolute Gasteiger partial charge is 0.262 e. The van der Waals surface area contributed by atoms with Gasteiger partial charge in [-0.3, -0.25) is 19.0 Å². The molecule has 1 aromatic carbocycles. The zero-order chi connectivity index (χ0) is 21.5. The highest BCUT2D eigenvalue weighted by molar-refractivity contribution is 7.99. The zero-order valence-electron chi connectivity index (χ0n) is 16.7. The number of rotatable bonds is 10. The van der Waals surface area contributed by atoms with Crippen LogP contribution in [0.1, 0.15) is 43.0 Å². The highest BCUT2D eigenvalue weighted by atomic mass is 32.2. The summed E-state index contributed by atoms with van der Waals surface area (Å²) in [5.41, 5.74) is 6.13. The Labute approximate surface area is 182 Å². The number of fused-ring (bicyclic) bond motifs is 1. The van der Waals surface area contributed by atoms with E-state index in [0.29, 0.717) is 27.6 Å². The number of carbonyl (C=O) groups excluding carboxylic acids is 2. The van der Waals surface area contributed by atoms with Gasteiger partial charge in [-0.2, -0.15) is 0 Å². The molecule has 0 aliphatic heterocycles. The number of primary amides is 1. The molecule has 0 fully saturated rings. The number of nitrogens with zero attached hydrogens (tertiary/aromatic N) is 2. The highest BCUT2D eigenvalue weighted by Gasteiger charge is 2.15. The summed E-state index contributed by atoms with van der Waals surface area (Å²) >= 11 is 2.45. The second-order valence-electron chi connectivity index (χ2n) is 6.79. The molecule has 0 atom stereocenters. The summed E-state index contributed by atoms with van der Waals surface area (Å²) in [5, 5.41) is 5.93. The van der Waals surface area contributed by atoms with Crippen molar-refractivity contribution in [1.82, 2.24) is 9.55 Å². The summed E-state index contributed by atoms with van der Waals surface area (Å²) in [6.45, 7) is 2.71. The van der Waals surface area contributed by atoms with E-state index < -0.39 is 5.91 Å². The average Bonchev–Trinajstić information content (AvgIpc) is 3.19. The first-order valence-electron chi connectivity index (χ1n) is 9.80. The Hall–Kier alpha value is -2.65. The van der Waals surface area contributed by atoms with Crippen LogP contribution in [-0.4, -0.2) is 27.1 Å². The molecule has 0 saturated heterocycles. The van der Waals surface area contributed by atoms with Crippen LogP contribution in [0.5, 0.6) is 0 Å². The maximum Gasteiger partial charge on any atom is 0.262 e. The summed E-state index contributed by atoms with van der Waals surface area (Å²) in [5.74, 6) is -0.809. The number of benzene rings is 1. The average molecular weight is 445 g/mol. The Balaban J connectivity index is 1.78. The van der Waals surface area contributed by atoms with Crippen LogP contribution in [0.25, 0.3) is 10.9 Å². The standard InChI is InChI=1S/C21H24N4O3S2/c1-2-3-4-7-11-25-20(28)14-8-5-6-9-16(14)23-21(25)30-13-17(26)24-19-15(18(22)27)10-12-29-19/h5-6,8-10,12H,2-4,7,11,13H2,1H3,(H2,22,27)(H,24,26). The molecule has 3 N–H and O–H groups in total. The Morgan fingerprint density at radius 2 is 2.00 bits per heavy atom. The third-order valence-corrected chi connectivity index (χ3v) is 6.38. The van der Waals surface area contributed by atoms with Crippen LogP contribution in [0.15, 0.2) is 45.7 Å². The first-order chi connectivity index (χ1) is 14.5. The van der Waals surface area contributed by atoms with E-state index in [9.17, 15) is 14.4 Å². The van der Waals surface area contributed by atoms with E-state index >= 15 is 0 Å². The maximum atomic E-state index is 13.0. The van der Waals surface area contributed by atoms with Crippen LogP contribution in [0.2, 0.25) is 0 Å². The lowest BCUT2D eigenvalue weighted by atomic mass is 10.2. The number of thioether (sulfide) groups is 1.